The molecule has 2 aromatic heterocycles. The van der Waals surface area contributed by atoms with Gasteiger partial charge in [0, 0.05) is 24.6 Å². The molecule has 0 unspecified atom stereocenters. The van der Waals surface area contributed by atoms with E-state index in [4.69, 9.17) is 4.98 Å². The molecule has 0 radical (unpaired) electrons. The minimum Gasteiger partial charge on any atom is -0.342 e. The van der Waals surface area contributed by atoms with Crippen molar-refractivity contribution in [2.45, 2.75) is 39.5 Å². The van der Waals surface area contributed by atoms with Gasteiger partial charge in [-0.15, -0.1) is 0 Å². The number of aryl methyl sites for hydroxylation is 3. The maximum atomic E-state index is 13.1. The lowest BCUT2D eigenvalue weighted by Crippen LogP contribution is -2.38. The molecule has 0 bridgehead atoms. The SMILES string of the molecule is Cc1ccc2nc(C3CCN(C(=O)c4ccc5nc(C)c(C)nc5c4)CC3)[nH]c2c1. The third kappa shape index (κ3) is 3.32. The highest BCUT2D eigenvalue weighted by molar-refractivity contribution is 5.97. The Bertz CT molecular complexity index is 1270. The van der Waals surface area contributed by atoms with Crippen LogP contribution in [0, 0.1) is 20.8 Å². The number of aromatic amines is 1. The average molecular weight is 399 g/mol. The van der Waals surface area contributed by atoms with E-state index in [1.807, 2.05) is 36.9 Å². The van der Waals surface area contributed by atoms with Gasteiger partial charge in [0.15, 0.2) is 0 Å². The topological polar surface area (TPSA) is 74.8 Å². The van der Waals surface area contributed by atoms with Crippen molar-refractivity contribution in [2.24, 2.45) is 0 Å². The number of H-pyrrole nitrogens is 1. The van der Waals surface area contributed by atoms with E-state index in [-0.39, 0.29) is 5.91 Å². The van der Waals surface area contributed by atoms with Crippen molar-refractivity contribution in [1.82, 2.24) is 24.8 Å². The number of carbonyl (C=O) groups is 1. The first-order valence-corrected chi connectivity index (χ1v) is 10.5. The predicted molar refractivity (Wildman–Crippen MR) is 118 cm³/mol. The summed E-state index contributed by atoms with van der Waals surface area (Å²) in [7, 11) is 0. The summed E-state index contributed by atoms with van der Waals surface area (Å²) in [5.41, 5.74) is 7.42. The molecule has 0 aliphatic carbocycles. The van der Waals surface area contributed by atoms with Gasteiger partial charge in [0.05, 0.1) is 33.5 Å². The Kier molecular flexibility index (Phi) is 4.50. The van der Waals surface area contributed by atoms with E-state index in [1.165, 1.54) is 5.56 Å². The first kappa shape index (κ1) is 18.7. The van der Waals surface area contributed by atoms with Crippen LogP contribution in [0.4, 0.5) is 0 Å². The number of nitrogens with zero attached hydrogens (tertiary/aromatic N) is 4. The predicted octanol–water partition coefficient (Wildman–Crippen LogP) is 4.45. The van der Waals surface area contributed by atoms with Gasteiger partial charge in [-0.2, -0.15) is 0 Å². The van der Waals surface area contributed by atoms with Gasteiger partial charge < -0.3 is 9.88 Å². The summed E-state index contributed by atoms with van der Waals surface area (Å²) in [6, 6.07) is 11.9. The highest BCUT2D eigenvalue weighted by Crippen LogP contribution is 2.29. The fraction of sp³-hybridized carbons (Fsp3) is 0.333. The Morgan fingerprint density at radius 1 is 0.900 bits per heavy atom. The summed E-state index contributed by atoms with van der Waals surface area (Å²) in [6.45, 7) is 7.45. The maximum Gasteiger partial charge on any atom is 0.253 e. The van der Waals surface area contributed by atoms with Gasteiger partial charge >= 0.3 is 0 Å². The van der Waals surface area contributed by atoms with Crippen LogP contribution < -0.4 is 0 Å². The molecule has 1 saturated heterocycles. The van der Waals surface area contributed by atoms with Crippen molar-refractivity contribution in [2.75, 3.05) is 13.1 Å². The highest BCUT2D eigenvalue weighted by atomic mass is 16.2. The van der Waals surface area contributed by atoms with Crippen LogP contribution in [0.5, 0.6) is 0 Å². The van der Waals surface area contributed by atoms with E-state index in [1.54, 1.807) is 0 Å². The molecule has 152 valence electrons. The molecule has 1 fully saturated rings. The Morgan fingerprint density at radius 3 is 2.37 bits per heavy atom. The summed E-state index contributed by atoms with van der Waals surface area (Å²) in [5, 5.41) is 0. The van der Waals surface area contributed by atoms with Crippen LogP contribution in [-0.2, 0) is 0 Å². The van der Waals surface area contributed by atoms with Crippen molar-refractivity contribution in [1.29, 1.82) is 0 Å². The van der Waals surface area contributed by atoms with Crippen molar-refractivity contribution < 1.29 is 4.79 Å². The third-order valence-electron chi connectivity index (χ3n) is 6.15. The zero-order chi connectivity index (χ0) is 20.8. The van der Waals surface area contributed by atoms with Gasteiger partial charge in [0.25, 0.3) is 5.91 Å². The van der Waals surface area contributed by atoms with Crippen LogP contribution in [-0.4, -0.2) is 43.8 Å². The van der Waals surface area contributed by atoms with Crippen LogP contribution in [0.1, 0.15) is 51.9 Å². The number of fused-ring (bicyclic) bond motifs is 2. The molecule has 6 nitrogen and oxygen atoms in total. The molecule has 0 saturated carbocycles. The number of amides is 1. The largest absolute Gasteiger partial charge is 0.342 e. The average Bonchev–Trinajstić information content (AvgIpc) is 3.17. The normalized spacial score (nSPS) is 15.2. The number of nitrogens with one attached hydrogen (secondary N) is 1. The van der Waals surface area contributed by atoms with Crippen molar-refractivity contribution in [3.8, 4) is 0 Å². The summed E-state index contributed by atoms with van der Waals surface area (Å²) >= 11 is 0. The molecule has 0 spiro atoms. The monoisotopic (exact) mass is 399 g/mol. The second-order valence-electron chi connectivity index (χ2n) is 8.31. The molecule has 2 aromatic carbocycles. The molecule has 6 heteroatoms. The number of hydrogen-bond acceptors (Lipinski definition) is 4. The Balaban J connectivity index is 1.31. The molecule has 3 heterocycles. The fourth-order valence-electron chi connectivity index (χ4n) is 4.24. The number of rotatable bonds is 2. The maximum absolute atomic E-state index is 13.1. The van der Waals surface area contributed by atoms with Crippen LogP contribution in [0.3, 0.4) is 0 Å². The molecule has 30 heavy (non-hydrogen) atoms. The molecule has 1 aliphatic rings. The first-order chi connectivity index (χ1) is 14.5. The second-order valence-corrected chi connectivity index (χ2v) is 8.31. The van der Waals surface area contributed by atoms with E-state index >= 15 is 0 Å². The number of hydrogen-bond donors (Lipinski definition) is 1. The van der Waals surface area contributed by atoms with Gasteiger partial charge in [-0.25, -0.2) is 15.0 Å². The zero-order valence-electron chi connectivity index (χ0n) is 17.6. The molecule has 4 aromatic rings. The van der Waals surface area contributed by atoms with Crippen molar-refractivity contribution >= 4 is 28.0 Å². The Hall–Kier alpha value is -3.28. The van der Waals surface area contributed by atoms with Gasteiger partial charge in [-0.1, -0.05) is 6.07 Å². The highest BCUT2D eigenvalue weighted by Gasteiger charge is 2.26. The second kappa shape index (κ2) is 7.20. The van der Waals surface area contributed by atoms with Crippen LogP contribution in [0.15, 0.2) is 36.4 Å². The van der Waals surface area contributed by atoms with E-state index in [0.717, 1.165) is 65.2 Å². The first-order valence-electron chi connectivity index (χ1n) is 10.5. The van der Waals surface area contributed by atoms with Crippen molar-refractivity contribution in [3.05, 3.63) is 64.7 Å². The standard InChI is InChI=1S/C24H25N5O/c1-14-4-6-20-21(12-14)28-23(27-20)17-8-10-29(11-9-17)24(30)18-5-7-19-22(13-18)26-16(3)15(2)25-19/h4-7,12-13,17H,8-11H2,1-3H3,(H,27,28). The molecule has 5 rings (SSSR count). The minimum absolute atomic E-state index is 0.0654. The Morgan fingerprint density at radius 2 is 1.60 bits per heavy atom. The van der Waals surface area contributed by atoms with E-state index < -0.39 is 0 Å². The number of imidazole rings is 1. The summed E-state index contributed by atoms with van der Waals surface area (Å²) < 4.78 is 0. The number of aromatic nitrogens is 4. The smallest absolute Gasteiger partial charge is 0.253 e. The molecule has 0 atom stereocenters. The number of likely N-dealkylation sites (tertiary alicyclic amines) is 1. The van der Waals surface area contributed by atoms with E-state index in [2.05, 4.69) is 40.1 Å². The molecule has 1 amide bonds. The van der Waals surface area contributed by atoms with Crippen LogP contribution in [0.25, 0.3) is 22.1 Å². The van der Waals surface area contributed by atoms with Crippen LogP contribution in [0.2, 0.25) is 0 Å². The lowest BCUT2D eigenvalue weighted by Gasteiger charge is -2.31. The van der Waals surface area contributed by atoms with Crippen LogP contribution >= 0.6 is 0 Å². The summed E-state index contributed by atoms with van der Waals surface area (Å²) in [5.74, 6) is 1.46. The summed E-state index contributed by atoms with van der Waals surface area (Å²) in [6.07, 6.45) is 1.83. The lowest BCUT2D eigenvalue weighted by atomic mass is 9.95. The Labute approximate surface area is 175 Å². The van der Waals surface area contributed by atoms with E-state index in [9.17, 15) is 4.79 Å². The van der Waals surface area contributed by atoms with E-state index in [0.29, 0.717) is 11.5 Å². The van der Waals surface area contributed by atoms with Crippen molar-refractivity contribution in [3.63, 3.8) is 0 Å². The fourth-order valence-corrected chi connectivity index (χ4v) is 4.24. The zero-order valence-corrected chi connectivity index (χ0v) is 17.6. The molecular weight excluding hydrogens is 374 g/mol. The van der Waals surface area contributed by atoms with Gasteiger partial charge in [0.1, 0.15) is 5.82 Å². The quantitative estimate of drug-likeness (QED) is 0.540. The number of piperidine rings is 1. The molecule has 1 aliphatic heterocycles. The summed E-state index contributed by atoms with van der Waals surface area (Å²) in [4.78, 5) is 32.4. The molecular formula is C24H25N5O. The van der Waals surface area contributed by atoms with Gasteiger partial charge in [-0.05, 0) is 69.5 Å². The number of benzene rings is 2. The lowest BCUT2D eigenvalue weighted by molar-refractivity contribution is 0.0711. The van der Waals surface area contributed by atoms with Gasteiger partial charge in [0.2, 0.25) is 0 Å². The molecule has 1 N–H and O–H groups in total. The third-order valence-corrected chi connectivity index (χ3v) is 6.15. The number of carbonyl (C=O) groups excluding carboxylic acids is 1. The van der Waals surface area contributed by atoms with Gasteiger partial charge in [-0.3, -0.25) is 4.79 Å². The minimum atomic E-state index is 0.0654.